The molecule has 0 bridgehead atoms. The highest BCUT2D eigenvalue weighted by Crippen LogP contribution is 2.37. The predicted molar refractivity (Wildman–Crippen MR) is 113 cm³/mol. The Hall–Kier alpha value is -3.55. The fourth-order valence-electron chi connectivity index (χ4n) is 3.86. The van der Waals surface area contributed by atoms with Crippen molar-refractivity contribution in [3.63, 3.8) is 0 Å². The molecule has 1 N–H and O–H groups in total. The van der Waals surface area contributed by atoms with Crippen molar-refractivity contribution < 1.29 is 36.9 Å². The Bertz CT molecular complexity index is 1160. The zero-order valence-electron chi connectivity index (χ0n) is 17.4. The van der Waals surface area contributed by atoms with E-state index < -0.39 is 23.9 Å². The second-order valence-corrected chi connectivity index (χ2v) is 7.79. The van der Waals surface area contributed by atoms with Crippen molar-refractivity contribution in [3.05, 3.63) is 83.2 Å². The lowest BCUT2D eigenvalue weighted by Gasteiger charge is -2.27. The summed E-state index contributed by atoms with van der Waals surface area (Å²) in [5, 5.41) is 8.88. The second kappa shape index (κ2) is 9.13. The number of carbonyl (C=O) groups is 1. The van der Waals surface area contributed by atoms with E-state index in [-0.39, 0.29) is 18.1 Å². The summed E-state index contributed by atoms with van der Waals surface area (Å²) in [7, 11) is 0. The van der Waals surface area contributed by atoms with Crippen molar-refractivity contribution in [2.45, 2.75) is 38.1 Å². The van der Waals surface area contributed by atoms with Crippen LogP contribution < -0.4 is 9.47 Å². The van der Waals surface area contributed by atoms with Crippen LogP contribution >= 0.6 is 0 Å². The Balaban J connectivity index is 1.51. The van der Waals surface area contributed by atoms with Crippen LogP contribution in [0.5, 0.6) is 11.5 Å². The van der Waals surface area contributed by atoms with Crippen LogP contribution in [0.2, 0.25) is 0 Å². The van der Waals surface area contributed by atoms with Gasteiger partial charge < -0.3 is 14.6 Å². The van der Waals surface area contributed by atoms with Crippen molar-refractivity contribution in [1.82, 2.24) is 0 Å². The highest BCUT2D eigenvalue weighted by Gasteiger charge is 2.31. The van der Waals surface area contributed by atoms with E-state index >= 15 is 0 Å². The van der Waals surface area contributed by atoms with Crippen molar-refractivity contribution in [2.75, 3.05) is 0 Å². The molecule has 3 aromatic rings. The monoisotopic (exact) mass is 460 g/mol. The SMILES string of the molecule is O=C(O)CCc1ccc2c(c1)OC(c1ccc(-c3cc(OC(F)(F)F)ccc3F)cc1)CC2. The number of alkyl halides is 3. The zero-order valence-corrected chi connectivity index (χ0v) is 17.4. The molecule has 4 nitrogen and oxygen atoms in total. The maximum absolute atomic E-state index is 14.3. The van der Waals surface area contributed by atoms with Crippen LogP contribution in [0.1, 0.15) is 35.6 Å². The van der Waals surface area contributed by atoms with Crippen LogP contribution in [-0.4, -0.2) is 17.4 Å². The predicted octanol–water partition coefficient (Wildman–Crippen LogP) is 6.47. The van der Waals surface area contributed by atoms with Crippen LogP contribution in [0.25, 0.3) is 11.1 Å². The van der Waals surface area contributed by atoms with Gasteiger partial charge in [0.25, 0.3) is 0 Å². The zero-order chi connectivity index (χ0) is 23.6. The average Bonchev–Trinajstić information content (AvgIpc) is 2.77. The van der Waals surface area contributed by atoms with Gasteiger partial charge in [0.1, 0.15) is 23.4 Å². The van der Waals surface area contributed by atoms with Crippen molar-refractivity contribution in [2.24, 2.45) is 0 Å². The van der Waals surface area contributed by atoms with Crippen LogP contribution in [0, 0.1) is 5.82 Å². The average molecular weight is 460 g/mol. The summed E-state index contributed by atoms with van der Waals surface area (Å²) < 4.78 is 61.8. The molecular formula is C25H20F4O4. The largest absolute Gasteiger partial charge is 0.573 e. The van der Waals surface area contributed by atoms with Gasteiger partial charge in [0.15, 0.2) is 0 Å². The van der Waals surface area contributed by atoms with E-state index in [9.17, 15) is 22.4 Å². The number of ether oxygens (including phenoxy) is 2. The number of aryl methyl sites for hydroxylation is 2. The standard InChI is InChI=1S/C25H20F4O4/c26-21-10-9-19(33-25(27,28)29)14-20(21)16-4-6-17(7-5-16)22-11-8-18-3-1-15(2-12-24(30)31)13-23(18)32-22/h1,3-7,9-10,13-14,22H,2,8,11-12H2,(H,30,31). The Morgan fingerprint density at radius 3 is 2.52 bits per heavy atom. The van der Waals surface area contributed by atoms with E-state index in [1.807, 2.05) is 18.2 Å². The number of carboxylic acids is 1. The lowest BCUT2D eigenvalue weighted by atomic mass is 9.94. The van der Waals surface area contributed by atoms with E-state index in [1.54, 1.807) is 24.3 Å². The molecular weight excluding hydrogens is 440 g/mol. The van der Waals surface area contributed by atoms with Crippen molar-refractivity contribution in [1.29, 1.82) is 0 Å². The Morgan fingerprint density at radius 2 is 1.82 bits per heavy atom. The molecule has 0 saturated heterocycles. The topological polar surface area (TPSA) is 55.8 Å². The van der Waals surface area contributed by atoms with Gasteiger partial charge in [-0.3, -0.25) is 4.79 Å². The molecule has 0 fully saturated rings. The lowest BCUT2D eigenvalue weighted by molar-refractivity contribution is -0.274. The minimum absolute atomic E-state index is 0.00119. The summed E-state index contributed by atoms with van der Waals surface area (Å²) in [4.78, 5) is 10.8. The molecule has 33 heavy (non-hydrogen) atoms. The van der Waals surface area contributed by atoms with Gasteiger partial charge in [-0.05, 0) is 65.8 Å². The first kappa shape index (κ1) is 22.6. The molecule has 4 rings (SSSR count). The maximum atomic E-state index is 14.3. The summed E-state index contributed by atoms with van der Waals surface area (Å²) in [6.45, 7) is 0. The van der Waals surface area contributed by atoms with Gasteiger partial charge in [-0.25, -0.2) is 4.39 Å². The Labute approximate surface area is 187 Å². The highest BCUT2D eigenvalue weighted by atomic mass is 19.4. The minimum Gasteiger partial charge on any atom is -0.485 e. The fourth-order valence-corrected chi connectivity index (χ4v) is 3.86. The van der Waals surface area contributed by atoms with Crippen LogP contribution in [0.4, 0.5) is 17.6 Å². The second-order valence-electron chi connectivity index (χ2n) is 7.79. The third-order valence-electron chi connectivity index (χ3n) is 5.47. The first-order valence-electron chi connectivity index (χ1n) is 10.3. The molecule has 0 radical (unpaired) electrons. The third-order valence-corrected chi connectivity index (χ3v) is 5.47. The number of carboxylic acid groups (broad SMARTS) is 1. The van der Waals surface area contributed by atoms with E-state index in [1.165, 1.54) is 0 Å². The number of rotatable bonds is 6. The third kappa shape index (κ3) is 5.63. The molecule has 8 heteroatoms. The number of fused-ring (bicyclic) bond motifs is 1. The lowest BCUT2D eigenvalue weighted by Crippen LogP contribution is -2.17. The highest BCUT2D eigenvalue weighted by molar-refractivity contribution is 5.67. The number of benzene rings is 3. The fraction of sp³-hybridized carbons (Fsp3) is 0.240. The van der Waals surface area contributed by atoms with Crippen LogP contribution in [0.15, 0.2) is 60.7 Å². The van der Waals surface area contributed by atoms with Gasteiger partial charge in [-0.15, -0.1) is 13.2 Å². The van der Waals surface area contributed by atoms with E-state index in [2.05, 4.69) is 4.74 Å². The molecule has 1 unspecified atom stereocenters. The van der Waals surface area contributed by atoms with Gasteiger partial charge in [0, 0.05) is 12.0 Å². The normalized spacial score (nSPS) is 15.5. The van der Waals surface area contributed by atoms with E-state index in [0.717, 1.165) is 47.7 Å². The number of aliphatic carboxylic acids is 1. The van der Waals surface area contributed by atoms with E-state index in [4.69, 9.17) is 9.84 Å². The molecule has 172 valence electrons. The van der Waals surface area contributed by atoms with Gasteiger partial charge >= 0.3 is 12.3 Å². The number of hydrogen-bond acceptors (Lipinski definition) is 3. The first-order chi connectivity index (χ1) is 15.7. The van der Waals surface area contributed by atoms with E-state index in [0.29, 0.717) is 17.7 Å². The Morgan fingerprint density at radius 1 is 1.06 bits per heavy atom. The Kier molecular flexibility index (Phi) is 6.26. The van der Waals surface area contributed by atoms with Crippen molar-refractivity contribution >= 4 is 5.97 Å². The van der Waals surface area contributed by atoms with Crippen LogP contribution in [-0.2, 0) is 17.6 Å². The van der Waals surface area contributed by atoms with Gasteiger partial charge in [-0.2, -0.15) is 0 Å². The molecule has 0 aliphatic carbocycles. The maximum Gasteiger partial charge on any atom is 0.573 e. The van der Waals surface area contributed by atoms with Gasteiger partial charge in [0.2, 0.25) is 0 Å². The smallest absolute Gasteiger partial charge is 0.485 e. The summed E-state index contributed by atoms with van der Waals surface area (Å²) in [6, 6.07) is 15.4. The summed E-state index contributed by atoms with van der Waals surface area (Å²) in [6.07, 6.45) is -3.15. The molecule has 1 heterocycles. The summed E-state index contributed by atoms with van der Waals surface area (Å²) in [5.74, 6) is -1.30. The molecule has 0 amide bonds. The molecule has 0 aromatic heterocycles. The minimum atomic E-state index is -4.86. The molecule has 1 aliphatic heterocycles. The van der Waals surface area contributed by atoms with Crippen LogP contribution in [0.3, 0.4) is 0 Å². The number of hydrogen-bond donors (Lipinski definition) is 1. The molecule has 3 aromatic carbocycles. The van der Waals surface area contributed by atoms with Crippen molar-refractivity contribution in [3.8, 4) is 22.6 Å². The summed E-state index contributed by atoms with van der Waals surface area (Å²) >= 11 is 0. The quantitative estimate of drug-likeness (QED) is 0.428. The summed E-state index contributed by atoms with van der Waals surface area (Å²) in [5.41, 5.74) is 3.19. The first-order valence-corrected chi connectivity index (χ1v) is 10.3. The number of halogens is 4. The van der Waals surface area contributed by atoms with Gasteiger partial charge in [0.05, 0.1) is 0 Å². The molecule has 1 atom stereocenters. The molecule has 1 aliphatic rings. The molecule has 0 spiro atoms. The molecule has 0 saturated carbocycles. The van der Waals surface area contributed by atoms with Gasteiger partial charge in [-0.1, -0.05) is 36.4 Å².